The van der Waals surface area contributed by atoms with Crippen LogP contribution in [0.15, 0.2) is 59.0 Å². The highest BCUT2D eigenvalue weighted by Crippen LogP contribution is 2.40. The first-order chi connectivity index (χ1) is 14.9. The maximum absolute atomic E-state index is 12.7. The molecule has 0 saturated heterocycles. The molecule has 5 nitrogen and oxygen atoms in total. The Labute approximate surface area is 202 Å². The van der Waals surface area contributed by atoms with Crippen LogP contribution < -0.4 is 0 Å². The zero-order chi connectivity index (χ0) is 22.0. The molecule has 10 heteroatoms. The molecule has 4 rings (SSSR count). The number of allylic oxidation sites excluding steroid dienone is 1. The second kappa shape index (κ2) is 9.83. The van der Waals surface area contributed by atoms with E-state index in [9.17, 15) is 4.79 Å². The molecule has 1 atom stereocenters. The van der Waals surface area contributed by atoms with E-state index in [0.717, 1.165) is 26.2 Å². The average Bonchev–Trinajstić information content (AvgIpc) is 3.35. The van der Waals surface area contributed by atoms with Gasteiger partial charge in [-0.1, -0.05) is 65.3 Å². The summed E-state index contributed by atoms with van der Waals surface area (Å²) in [5.74, 6) is 0.702. The van der Waals surface area contributed by atoms with Gasteiger partial charge in [0.15, 0.2) is 19.9 Å². The summed E-state index contributed by atoms with van der Waals surface area (Å²) < 4.78 is 1.02. The number of hydrogen-bond acceptors (Lipinski definition) is 8. The van der Waals surface area contributed by atoms with E-state index in [1.807, 2.05) is 37.3 Å². The molecule has 31 heavy (non-hydrogen) atoms. The Bertz CT molecular complexity index is 1160. The molecule has 0 amide bonds. The highest BCUT2D eigenvalue weighted by atomic mass is 35.5. The van der Waals surface area contributed by atoms with Crippen molar-refractivity contribution in [3.05, 3.63) is 78.2 Å². The fourth-order valence-corrected chi connectivity index (χ4v) is 6.49. The summed E-state index contributed by atoms with van der Waals surface area (Å²) in [5, 5.41) is 0.838. The topological polar surface area (TPSA) is 58.5 Å². The number of aromatic nitrogens is 2. The fraction of sp³-hybridized carbons (Fsp3) is 0.238. The molecule has 1 aliphatic heterocycles. The number of hydrogen-bond donors (Lipinski definition) is 0. The Hall–Kier alpha value is -1.71. The molecule has 0 N–H and O–H groups in total. The van der Waals surface area contributed by atoms with E-state index in [-0.39, 0.29) is 11.8 Å². The lowest BCUT2D eigenvalue weighted by Crippen LogP contribution is -2.38. The van der Waals surface area contributed by atoms with Crippen molar-refractivity contribution in [3.63, 3.8) is 0 Å². The minimum Gasteiger partial charge on any atom is -0.335 e. The van der Waals surface area contributed by atoms with Gasteiger partial charge in [-0.25, -0.2) is 15.0 Å². The number of Topliss-reactive ketones (excluding diaryl/α,β-unsaturated/α-hetero) is 1. The summed E-state index contributed by atoms with van der Waals surface area (Å²) in [7, 11) is 0. The van der Waals surface area contributed by atoms with Gasteiger partial charge in [0.05, 0.1) is 12.6 Å². The summed E-state index contributed by atoms with van der Waals surface area (Å²) in [6.45, 7) is 4.05. The van der Waals surface area contributed by atoms with E-state index in [2.05, 4.69) is 14.9 Å². The first-order valence-electron chi connectivity index (χ1n) is 9.37. The van der Waals surface area contributed by atoms with Gasteiger partial charge in [-0.3, -0.25) is 4.79 Å². The molecule has 0 bridgehead atoms. The van der Waals surface area contributed by atoms with Gasteiger partial charge in [0, 0.05) is 39.2 Å². The lowest BCUT2D eigenvalue weighted by Gasteiger charge is -2.38. The van der Waals surface area contributed by atoms with E-state index in [1.54, 1.807) is 31.1 Å². The van der Waals surface area contributed by atoms with Crippen molar-refractivity contribution in [1.82, 2.24) is 14.9 Å². The molecule has 0 aliphatic carbocycles. The number of nitrogens with zero attached hydrogens (tertiary/aromatic N) is 4. The minimum absolute atomic E-state index is 0.0146. The number of carbonyl (C=O) groups excluding carboxylic acids is 1. The van der Waals surface area contributed by atoms with Gasteiger partial charge in [0.2, 0.25) is 0 Å². The summed E-state index contributed by atoms with van der Waals surface area (Å²) in [6, 6.07) is 9.80. The first-order valence-corrected chi connectivity index (χ1v) is 12.7. The highest BCUT2D eigenvalue weighted by Gasteiger charge is 2.35. The largest absolute Gasteiger partial charge is 0.335 e. The highest BCUT2D eigenvalue weighted by molar-refractivity contribution is 8.13. The number of carbonyl (C=O) groups is 1. The van der Waals surface area contributed by atoms with Crippen molar-refractivity contribution in [3.8, 4) is 0 Å². The Kier molecular flexibility index (Phi) is 7.13. The minimum atomic E-state index is -0.246. The normalized spacial score (nSPS) is 16.6. The molecule has 1 aliphatic rings. The fourth-order valence-electron chi connectivity index (χ4n) is 3.45. The molecule has 3 aromatic rings. The summed E-state index contributed by atoms with van der Waals surface area (Å²) >= 11 is 16.6. The van der Waals surface area contributed by atoms with Crippen molar-refractivity contribution < 1.29 is 4.79 Å². The van der Waals surface area contributed by atoms with Gasteiger partial charge in [-0.15, -0.1) is 22.7 Å². The van der Waals surface area contributed by atoms with Crippen molar-refractivity contribution in [1.29, 1.82) is 0 Å². The average molecular weight is 510 g/mol. The van der Waals surface area contributed by atoms with E-state index in [0.29, 0.717) is 26.8 Å². The predicted octanol–water partition coefficient (Wildman–Crippen LogP) is 6.62. The number of amidine groups is 1. The van der Waals surface area contributed by atoms with Gasteiger partial charge >= 0.3 is 0 Å². The predicted molar refractivity (Wildman–Crippen MR) is 131 cm³/mol. The van der Waals surface area contributed by atoms with Crippen LogP contribution in [0.4, 0.5) is 0 Å². The molecule has 0 fully saturated rings. The van der Waals surface area contributed by atoms with Gasteiger partial charge in [-0.05, 0) is 19.4 Å². The standard InChI is InChI=1S/C21H18Cl2N4OS3/c1-12-17(13(2)28)18(14-6-4-3-5-7-14)27(10-15-8-24-19(22)30-15)21(26-12)29-11-16-9-25-20(23)31-16/h3-9,18H,10-11H2,1-2H3. The molecule has 0 radical (unpaired) electrons. The van der Waals surface area contributed by atoms with E-state index in [4.69, 9.17) is 28.2 Å². The molecular weight excluding hydrogens is 491 g/mol. The van der Waals surface area contributed by atoms with E-state index in [1.165, 1.54) is 22.7 Å². The third-order valence-electron chi connectivity index (χ3n) is 4.70. The number of thiazole rings is 2. The van der Waals surface area contributed by atoms with Crippen LogP contribution in [0.1, 0.15) is 35.2 Å². The summed E-state index contributed by atoms with van der Waals surface area (Å²) in [5.41, 5.74) is 2.48. The summed E-state index contributed by atoms with van der Waals surface area (Å²) in [4.78, 5) is 30.0. The third-order valence-corrected chi connectivity index (χ3v) is 8.14. The Balaban J connectivity index is 1.75. The molecule has 160 valence electrons. The molecule has 1 aromatic carbocycles. The number of thioether (sulfide) groups is 1. The van der Waals surface area contributed by atoms with Crippen LogP contribution >= 0.6 is 57.6 Å². The second-order valence-corrected chi connectivity index (χ2v) is 11.2. The molecule has 0 saturated carbocycles. The van der Waals surface area contributed by atoms with Crippen LogP contribution in [0.25, 0.3) is 0 Å². The zero-order valence-corrected chi connectivity index (χ0v) is 20.7. The second-order valence-electron chi connectivity index (χ2n) is 6.84. The lowest BCUT2D eigenvalue weighted by atomic mass is 9.92. The van der Waals surface area contributed by atoms with Crippen molar-refractivity contribution in [2.75, 3.05) is 0 Å². The first kappa shape index (κ1) is 22.5. The molecule has 2 aromatic heterocycles. The Morgan fingerprint density at radius 1 is 1.10 bits per heavy atom. The third kappa shape index (κ3) is 5.21. The van der Waals surface area contributed by atoms with Crippen LogP contribution in [-0.2, 0) is 17.1 Å². The molecule has 3 heterocycles. The maximum atomic E-state index is 12.7. The monoisotopic (exact) mass is 508 g/mol. The van der Waals surface area contributed by atoms with Gasteiger partial charge in [0.25, 0.3) is 0 Å². The Morgan fingerprint density at radius 3 is 2.32 bits per heavy atom. The van der Waals surface area contributed by atoms with Gasteiger partial charge in [-0.2, -0.15) is 0 Å². The van der Waals surface area contributed by atoms with E-state index >= 15 is 0 Å². The Morgan fingerprint density at radius 2 is 1.74 bits per heavy atom. The van der Waals surface area contributed by atoms with Gasteiger partial charge in [0.1, 0.15) is 0 Å². The molecular formula is C21H18Cl2N4OS3. The van der Waals surface area contributed by atoms with Crippen molar-refractivity contribution in [2.24, 2.45) is 4.99 Å². The van der Waals surface area contributed by atoms with Crippen molar-refractivity contribution >= 4 is 68.6 Å². The SMILES string of the molecule is CC(=O)C1=C(C)N=C(SCc2cnc(Cl)s2)N(Cc2cnc(Cl)s2)C1c1ccccc1. The lowest BCUT2D eigenvalue weighted by molar-refractivity contribution is -0.114. The van der Waals surface area contributed by atoms with Crippen molar-refractivity contribution in [2.45, 2.75) is 32.2 Å². The summed E-state index contributed by atoms with van der Waals surface area (Å²) in [6.07, 6.45) is 3.56. The van der Waals surface area contributed by atoms with E-state index < -0.39 is 0 Å². The smallest absolute Gasteiger partial charge is 0.183 e. The molecule has 0 spiro atoms. The number of ketones is 1. The number of halogens is 2. The number of rotatable bonds is 6. The van der Waals surface area contributed by atoms with Crippen LogP contribution in [0.5, 0.6) is 0 Å². The number of aliphatic imine (C=N–C) groups is 1. The van der Waals surface area contributed by atoms with Gasteiger partial charge < -0.3 is 4.90 Å². The van der Waals surface area contributed by atoms with Crippen LogP contribution in [-0.4, -0.2) is 25.8 Å². The van der Waals surface area contributed by atoms with Crippen LogP contribution in [0.3, 0.4) is 0 Å². The zero-order valence-electron chi connectivity index (χ0n) is 16.7. The number of benzene rings is 1. The van der Waals surface area contributed by atoms with Crippen LogP contribution in [0, 0.1) is 0 Å². The molecule has 1 unspecified atom stereocenters. The maximum Gasteiger partial charge on any atom is 0.183 e. The van der Waals surface area contributed by atoms with Crippen LogP contribution in [0.2, 0.25) is 8.93 Å². The quantitative estimate of drug-likeness (QED) is 0.374.